The third-order valence-electron chi connectivity index (χ3n) is 6.38. The third kappa shape index (κ3) is 4.61. The molecule has 1 saturated heterocycles. The normalized spacial score (nSPS) is 22.5. The van der Waals surface area contributed by atoms with E-state index in [1.807, 2.05) is 31.3 Å². The Kier molecular flexibility index (Phi) is 5.93. The van der Waals surface area contributed by atoms with E-state index in [2.05, 4.69) is 31.5 Å². The van der Waals surface area contributed by atoms with Gasteiger partial charge in [-0.25, -0.2) is 4.98 Å². The number of anilines is 1. The molecule has 0 spiro atoms. The quantitative estimate of drug-likeness (QED) is 0.667. The van der Waals surface area contributed by atoms with Crippen molar-refractivity contribution in [3.05, 3.63) is 35.5 Å². The molecule has 1 aliphatic carbocycles. The van der Waals surface area contributed by atoms with Gasteiger partial charge in [0, 0.05) is 42.2 Å². The minimum atomic E-state index is 0.0606. The zero-order valence-electron chi connectivity index (χ0n) is 17.7. The Bertz CT molecular complexity index is 1070. The number of benzene rings is 1. The number of carbonyl (C=O) groups is 1. The molecule has 2 aliphatic rings. The number of ether oxygens (including phenoxy) is 1. The first-order valence-corrected chi connectivity index (χ1v) is 11.8. The molecule has 0 unspecified atom stereocenters. The summed E-state index contributed by atoms with van der Waals surface area (Å²) in [5.41, 5.74) is 1.03. The first-order valence-electron chi connectivity index (χ1n) is 11.0. The van der Waals surface area contributed by atoms with Crippen LogP contribution < -0.4 is 5.32 Å². The van der Waals surface area contributed by atoms with Crippen LogP contribution in [0.2, 0.25) is 0 Å². The second kappa shape index (κ2) is 8.98. The molecule has 162 valence electrons. The van der Waals surface area contributed by atoms with Gasteiger partial charge in [-0.2, -0.15) is 0 Å². The van der Waals surface area contributed by atoms with Crippen molar-refractivity contribution in [2.75, 3.05) is 31.6 Å². The van der Waals surface area contributed by atoms with Crippen LogP contribution in [0.15, 0.2) is 30.5 Å². The van der Waals surface area contributed by atoms with Crippen molar-refractivity contribution in [3.63, 3.8) is 0 Å². The van der Waals surface area contributed by atoms with Crippen LogP contribution in [0.4, 0.5) is 5.82 Å². The Balaban J connectivity index is 1.24. The number of rotatable bonds is 4. The van der Waals surface area contributed by atoms with Crippen molar-refractivity contribution in [1.29, 1.82) is 0 Å². The van der Waals surface area contributed by atoms with E-state index in [1.165, 1.54) is 0 Å². The second-order valence-electron chi connectivity index (χ2n) is 8.40. The Labute approximate surface area is 185 Å². The van der Waals surface area contributed by atoms with E-state index in [9.17, 15) is 4.79 Å². The standard InChI is InChI=1S/C23H27N5O2S/c1-15-26-27-23(31-15)17-2-3-18-14-24-21(13-19(18)12-17)25-22(29)16-4-6-20(7-5-16)28-8-10-30-11-9-28/h2-3,12-14,16,20H,4-11H2,1H3,(H,24,25,29). The highest BCUT2D eigenvalue weighted by atomic mass is 32.1. The summed E-state index contributed by atoms with van der Waals surface area (Å²) in [5, 5.41) is 15.3. The zero-order valence-corrected chi connectivity index (χ0v) is 18.5. The molecule has 8 heteroatoms. The van der Waals surface area contributed by atoms with Crippen LogP contribution in [0.3, 0.4) is 0 Å². The van der Waals surface area contributed by atoms with Gasteiger partial charge in [0.05, 0.1) is 13.2 Å². The van der Waals surface area contributed by atoms with Crippen LogP contribution in [-0.2, 0) is 9.53 Å². The smallest absolute Gasteiger partial charge is 0.228 e. The van der Waals surface area contributed by atoms with Crippen LogP contribution in [0.5, 0.6) is 0 Å². The van der Waals surface area contributed by atoms with Crippen LogP contribution in [-0.4, -0.2) is 58.3 Å². The Morgan fingerprint density at radius 2 is 1.90 bits per heavy atom. The van der Waals surface area contributed by atoms with Gasteiger partial charge in [0.2, 0.25) is 5.91 Å². The molecule has 7 nitrogen and oxygen atoms in total. The molecule has 0 bridgehead atoms. The molecule has 1 amide bonds. The van der Waals surface area contributed by atoms with Gasteiger partial charge in [-0.1, -0.05) is 23.5 Å². The van der Waals surface area contributed by atoms with E-state index in [0.717, 1.165) is 78.3 Å². The van der Waals surface area contributed by atoms with Gasteiger partial charge in [-0.05, 0) is 50.1 Å². The monoisotopic (exact) mass is 437 g/mol. The SMILES string of the molecule is Cc1nnc(-c2ccc3cnc(NC(=O)C4CCC(N5CCOCC5)CC4)cc3c2)s1. The first kappa shape index (κ1) is 20.5. The fourth-order valence-corrected chi connectivity index (χ4v) is 5.32. The average Bonchev–Trinajstić information content (AvgIpc) is 3.25. The summed E-state index contributed by atoms with van der Waals surface area (Å²) in [5.74, 6) is 0.757. The largest absolute Gasteiger partial charge is 0.379 e. The minimum absolute atomic E-state index is 0.0606. The summed E-state index contributed by atoms with van der Waals surface area (Å²) in [6.07, 6.45) is 5.83. The van der Waals surface area contributed by atoms with Crippen molar-refractivity contribution in [1.82, 2.24) is 20.1 Å². The number of aromatic nitrogens is 3. The molecule has 2 aromatic heterocycles. The zero-order chi connectivity index (χ0) is 21.2. The van der Waals surface area contributed by atoms with Gasteiger partial charge in [0.1, 0.15) is 15.8 Å². The lowest BCUT2D eigenvalue weighted by Crippen LogP contribution is -2.45. The predicted molar refractivity (Wildman–Crippen MR) is 122 cm³/mol. The molecule has 5 rings (SSSR count). The summed E-state index contributed by atoms with van der Waals surface area (Å²) in [4.78, 5) is 19.9. The second-order valence-corrected chi connectivity index (χ2v) is 9.58. The van der Waals surface area contributed by atoms with E-state index in [0.29, 0.717) is 11.9 Å². The van der Waals surface area contributed by atoms with Gasteiger partial charge < -0.3 is 10.1 Å². The minimum Gasteiger partial charge on any atom is -0.379 e. The number of fused-ring (bicyclic) bond motifs is 1. The average molecular weight is 438 g/mol. The summed E-state index contributed by atoms with van der Waals surface area (Å²) in [6, 6.07) is 8.70. The van der Waals surface area contributed by atoms with E-state index in [4.69, 9.17) is 4.74 Å². The number of amides is 1. The summed E-state index contributed by atoms with van der Waals surface area (Å²) in [6.45, 7) is 5.64. The molecule has 1 aliphatic heterocycles. The number of nitrogens with zero attached hydrogens (tertiary/aromatic N) is 4. The van der Waals surface area contributed by atoms with E-state index >= 15 is 0 Å². The lowest BCUT2D eigenvalue weighted by molar-refractivity contribution is -0.121. The highest BCUT2D eigenvalue weighted by Gasteiger charge is 2.30. The highest BCUT2D eigenvalue weighted by Crippen LogP contribution is 2.30. The molecule has 1 aromatic carbocycles. The molecular formula is C23H27N5O2S. The number of pyridine rings is 1. The van der Waals surface area contributed by atoms with Crippen molar-refractivity contribution < 1.29 is 9.53 Å². The molecule has 3 aromatic rings. The topological polar surface area (TPSA) is 80.2 Å². The van der Waals surface area contributed by atoms with Crippen LogP contribution in [0, 0.1) is 12.8 Å². The Morgan fingerprint density at radius 1 is 1.10 bits per heavy atom. The molecule has 1 saturated carbocycles. The number of hydrogen-bond acceptors (Lipinski definition) is 7. The molecular weight excluding hydrogens is 410 g/mol. The molecule has 3 heterocycles. The Hall–Kier alpha value is -2.42. The van der Waals surface area contributed by atoms with Crippen LogP contribution in [0.1, 0.15) is 30.7 Å². The molecule has 0 atom stereocenters. The van der Waals surface area contributed by atoms with Crippen LogP contribution in [0.25, 0.3) is 21.3 Å². The molecule has 31 heavy (non-hydrogen) atoms. The number of aryl methyl sites for hydroxylation is 1. The number of carbonyl (C=O) groups excluding carboxylic acids is 1. The number of nitrogens with one attached hydrogen (secondary N) is 1. The van der Waals surface area contributed by atoms with E-state index in [1.54, 1.807) is 11.3 Å². The first-order chi connectivity index (χ1) is 15.2. The predicted octanol–water partition coefficient (Wildman–Crippen LogP) is 3.89. The highest BCUT2D eigenvalue weighted by molar-refractivity contribution is 7.14. The molecule has 2 fully saturated rings. The van der Waals surface area contributed by atoms with Gasteiger partial charge in [-0.3, -0.25) is 9.69 Å². The maximum atomic E-state index is 12.9. The van der Waals surface area contributed by atoms with Crippen molar-refractivity contribution in [2.24, 2.45) is 5.92 Å². The van der Waals surface area contributed by atoms with Gasteiger partial charge in [-0.15, -0.1) is 10.2 Å². The van der Waals surface area contributed by atoms with Gasteiger partial charge in [0.15, 0.2) is 0 Å². The van der Waals surface area contributed by atoms with Crippen LogP contribution >= 0.6 is 11.3 Å². The van der Waals surface area contributed by atoms with Gasteiger partial charge >= 0.3 is 0 Å². The number of hydrogen-bond donors (Lipinski definition) is 1. The molecule has 1 N–H and O–H groups in total. The lowest BCUT2D eigenvalue weighted by atomic mass is 9.84. The van der Waals surface area contributed by atoms with Crippen molar-refractivity contribution >= 4 is 33.8 Å². The molecule has 0 radical (unpaired) electrons. The summed E-state index contributed by atoms with van der Waals surface area (Å²) < 4.78 is 5.46. The Morgan fingerprint density at radius 3 is 2.65 bits per heavy atom. The maximum Gasteiger partial charge on any atom is 0.228 e. The third-order valence-corrected chi connectivity index (χ3v) is 7.26. The fraction of sp³-hybridized carbons (Fsp3) is 0.478. The lowest BCUT2D eigenvalue weighted by Gasteiger charge is -2.38. The van der Waals surface area contributed by atoms with Crippen molar-refractivity contribution in [2.45, 2.75) is 38.6 Å². The van der Waals surface area contributed by atoms with E-state index in [-0.39, 0.29) is 11.8 Å². The number of morpholine rings is 1. The fourth-order valence-electron chi connectivity index (χ4n) is 4.63. The summed E-state index contributed by atoms with van der Waals surface area (Å²) >= 11 is 1.58. The van der Waals surface area contributed by atoms with E-state index < -0.39 is 0 Å². The maximum absolute atomic E-state index is 12.9. The summed E-state index contributed by atoms with van der Waals surface area (Å²) in [7, 11) is 0. The van der Waals surface area contributed by atoms with Gasteiger partial charge in [0.25, 0.3) is 0 Å². The van der Waals surface area contributed by atoms with Crippen molar-refractivity contribution in [3.8, 4) is 10.6 Å².